The van der Waals surface area contributed by atoms with Gasteiger partial charge in [-0.3, -0.25) is 4.79 Å². The van der Waals surface area contributed by atoms with Gasteiger partial charge >= 0.3 is 0 Å². The van der Waals surface area contributed by atoms with Gasteiger partial charge in [-0.15, -0.1) is 0 Å². The van der Waals surface area contributed by atoms with E-state index < -0.39 is 6.10 Å². The molecule has 0 saturated heterocycles. The van der Waals surface area contributed by atoms with Gasteiger partial charge in [-0.1, -0.05) is 37.3 Å². The maximum absolute atomic E-state index is 12.4. The Labute approximate surface area is 170 Å². The number of carbonyl (C=O) groups excluding carboxylic acids is 1. The minimum absolute atomic E-state index is 0.112. The molecule has 0 spiro atoms. The van der Waals surface area contributed by atoms with Crippen LogP contribution in [0, 0.1) is 5.92 Å². The first-order valence-electron chi connectivity index (χ1n) is 10.2. The largest absolute Gasteiger partial charge is 0.391 e. The van der Waals surface area contributed by atoms with Crippen LogP contribution < -0.4 is 5.32 Å². The number of nitrogens with zero attached hydrogens (tertiary/aromatic N) is 3. The van der Waals surface area contributed by atoms with Crippen molar-refractivity contribution in [3.63, 3.8) is 0 Å². The third-order valence-corrected chi connectivity index (χ3v) is 5.57. The summed E-state index contributed by atoms with van der Waals surface area (Å²) in [6.45, 7) is 2.81. The summed E-state index contributed by atoms with van der Waals surface area (Å²) < 4.78 is 2.13. The summed E-state index contributed by atoms with van der Waals surface area (Å²) in [5.41, 5.74) is 2.09. The highest BCUT2D eigenvalue weighted by Gasteiger charge is 2.34. The number of amides is 1. The summed E-state index contributed by atoms with van der Waals surface area (Å²) in [7, 11) is 0. The van der Waals surface area contributed by atoms with E-state index in [4.69, 9.17) is 0 Å². The van der Waals surface area contributed by atoms with Crippen molar-refractivity contribution in [2.45, 2.75) is 51.3 Å². The molecule has 3 atom stereocenters. The van der Waals surface area contributed by atoms with Crippen molar-refractivity contribution in [3.05, 3.63) is 60.4 Å². The Balaban J connectivity index is 1.34. The second-order valence-corrected chi connectivity index (χ2v) is 7.73. The molecule has 152 valence electrons. The van der Waals surface area contributed by atoms with Gasteiger partial charge in [-0.25, -0.2) is 9.97 Å². The number of imidazole rings is 2. The topological polar surface area (TPSA) is 95.8 Å². The lowest BCUT2D eigenvalue weighted by molar-refractivity contribution is -0.121. The van der Waals surface area contributed by atoms with Crippen molar-refractivity contribution in [1.82, 2.24) is 24.8 Å². The van der Waals surface area contributed by atoms with E-state index in [1.54, 1.807) is 12.4 Å². The number of aromatic nitrogens is 4. The number of aryl methyl sites for hydroxylation is 1. The monoisotopic (exact) mass is 393 g/mol. The molecule has 3 aromatic rings. The molecule has 0 radical (unpaired) electrons. The van der Waals surface area contributed by atoms with Gasteiger partial charge in [0.1, 0.15) is 11.6 Å². The Kier molecular flexibility index (Phi) is 5.76. The first kappa shape index (κ1) is 19.4. The standard InChI is InChI=1S/C22H27N5O2/c1-2-17-13-24-20(25-17)12-21(29)26-18-10-15(11-19(18)28)14-27-9-8-23-22(27)16-6-4-3-5-7-16/h3-9,13,15,18-19,28H,2,10-12,14H2,1H3,(H,24,25)(H,26,29)/t15?,18-,19-/m1/s1. The molecule has 1 unspecified atom stereocenters. The van der Waals surface area contributed by atoms with E-state index >= 15 is 0 Å². The molecular weight excluding hydrogens is 366 g/mol. The molecule has 0 bridgehead atoms. The molecule has 7 heteroatoms. The van der Waals surface area contributed by atoms with Gasteiger partial charge in [0.2, 0.25) is 5.91 Å². The number of benzene rings is 1. The van der Waals surface area contributed by atoms with Gasteiger partial charge in [-0.05, 0) is 25.2 Å². The molecule has 1 aliphatic carbocycles. The van der Waals surface area contributed by atoms with Crippen LogP contribution >= 0.6 is 0 Å². The fourth-order valence-electron chi connectivity index (χ4n) is 4.09. The lowest BCUT2D eigenvalue weighted by Crippen LogP contribution is -2.40. The normalized spacial score (nSPS) is 21.4. The highest BCUT2D eigenvalue weighted by Crippen LogP contribution is 2.29. The van der Waals surface area contributed by atoms with Crippen LogP contribution in [0.3, 0.4) is 0 Å². The number of aromatic amines is 1. The Hall–Kier alpha value is -2.93. The van der Waals surface area contributed by atoms with Crippen LogP contribution in [0.4, 0.5) is 0 Å². The predicted octanol–water partition coefficient (Wildman–Crippen LogP) is 2.33. The summed E-state index contributed by atoms with van der Waals surface area (Å²) in [4.78, 5) is 24.2. The molecule has 7 nitrogen and oxygen atoms in total. The zero-order chi connectivity index (χ0) is 20.2. The van der Waals surface area contributed by atoms with Crippen LogP contribution in [0.2, 0.25) is 0 Å². The van der Waals surface area contributed by atoms with Crippen LogP contribution in [-0.2, 0) is 24.2 Å². The van der Waals surface area contributed by atoms with Gasteiger partial charge in [-0.2, -0.15) is 0 Å². The number of rotatable bonds is 7. The average molecular weight is 393 g/mol. The molecule has 1 aromatic carbocycles. The summed E-state index contributed by atoms with van der Waals surface area (Å²) in [5, 5.41) is 13.5. The fourth-order valence-corrected chi connectivity index (χ4v) is 4.09. The first-order valence-corrected chi connectivity index (χ1v) is 10.2. The van der Waals surface area contributed by atoms with Crippen molar-refractivity contribution < 1.29 is 9.90 Å². The van der Waals surface area contributed by atoms with E-state index in [1.807, 2.05) is 43.5 Å². The first-order chi connectivity index (χ1) is 14.1. The zero-order valence-corrected chi connectivity index (χ0v) is 16.6. The number of hydrogen-bond acceptors (Lipinski definition) is 4. The fraction of sp³-hybridized carbons (Fsp3) is 0.409. The van der Waals surface area contributed by atoms with Crippen LogP contribution in [-0.4, -0.2) is 42.7 Å². The maximum Gasteiger partial charge on any atom is 0.227 e. The quantitative estimate of drug-likeness (QED) is 0.574. The molecule has 29 heavy (non-hydrogen) atoms. The molecule has 0 aliphatic heterocycles. The Morgan fingerprint density at radius 3 is 2.86 bits per heavy atom. The minimum atomic E-state index is -0.532. The van der Waals surface area contributed by atoms with E-state index in [1.165, 1.54) is 0 Å². The molecular formula is C22H27N5O2. The Bertz CT molecular complexity index is 949. The van der Waals surface area contributed by atoms with Crippen molar-refractivity contribution in [2.24, 2.45) is 5.92 Å². The summed E-state index contributed by atoms with van der Waals surface area (Å²) >= 11 is 0. The number of carbonyl (C=O) groups is 1. The molecule has 2 aromatic heterocycles. The van der Waals surface area contributed by atoms with Crippen molar-refractivity contribution in [3.8, 4) is 11.4 Å². The molecule has 1 aliphatic rings. The Morgan fingerprint density at radius 1 is 1.28 bits per heavy atom. The number of H-pyrrole nitrogens is 1. The number of nitrogens with one attached hydrogen (secondary N) is 2. The van der Waals surface area contributed by atoms with Crippen molar-refractivity contribution in [1.29, 1.82) is 0 Å². The van der Waals surface area contributed by atoms with Gasteiger partial charge in [0.25, 0.3) is 0 Å². The second kappa shape index (κ2) is 8.61. The number of hydrogen-bond donors (Lipinski definition) is 3. The van der Waals surface area contributed by atoms with Crippen molar-refractivity contribution in [2.75, 3.05) is 0 Å². The van der Waals surface area contributed by atoms with E-state index in [-0.39, 0.29) is 24.3 Å². The highest BCUT2D eigenvalue weighted by atomic mass is 16.3. The SMILES string of the molecule is CCc1cnc(CC(=O)N[C@@H]2CC(Cn3ccnc3-c3ccccc3)C[C@H]2O)[nH]1. The molecule has 3 N–H and O–H groups in total. The van der Waals surface area contributed by atoms with Crippen LogP contribution in [0.15, 0.2) is 48.9 Å². The van der Waals surface area contributed by atoms with Gasteiger partial charge < -0.3 is 20.0 Å². The molecule has 4 rings (SSSR count). The highest BCUT2D eigenvalue weighted by molar-refractivity contribution is 5.78. The smallest absolute Gasteiger partial charge is 0.227 e. The van der Waals surface area contributed by atoms with Gasteiger partial charge in [0.15, 0.2) is 0 Å². The van der Waals surface area contributed by atoms with E-state index in [0.717, 1.165) is 36.5 Å². The van der Waals surface area contributed by atoms with Gasteiger partial charge in [0.05, 0.1) is 18.6 Å². The third-order valence-electron chi connectivity index (χ3n) is 5.57. The van der Waals surface area contributed by atoms with Crippen LogP contribution in [0.5, 0.6) is 0 Å². The van der Waals surface area contributed by atoms with Crippen LogP contribution in [0.25, 0.3) is 11.4 Å². The lowest BCUT2D eigenvalue weighted by Gasteiger charge is -2.16. The predicted molar refractivity (Wildman–Crippen MR) is 110 cm³/mol. The van der Waals surface area contributed by atoms with E-state index in [2.05, 4.69) is 24.8 Å². The third kappa shape index (κ3) is 4.56. The van der Waals surface area contributed by atoms with Crippen molar-refractivity contribution >= 4 is 5.91 Å². The summed E-state index contributed by atoms with van der Waals surface area (Å²) in [6, 6.07) is 9.86. The van der Waals surface area contributed by atoms with E-state index in [9.17, 15) is 9.90 Å². The summed E-state index contributed by atoms with van der Waals surface area (Å²) in [6.07, 6.45) is 7.48. The van der Waals surface area contributed by atoms with E-state index in [0.29, 0.717) is 12.2 Å². The van der Waals surface area contributed by atoms with Crippen LogP contribution in [0.1, 0.15) is 31.3 Å². The minimum Gasteiger partial charge on any atom is -0.391 e. The maximum atomic E-state index is 12.4. The molecule has 1 saturated carbocycles. The number of aliphatic hydroxyl groups is 1. The molecule has 1 amide bonds. The Morgan fingerprint density at radius 2 is 2.10 bits per heavy atom. The second-order valence-electron chi connectivity index (χ2n) is 7.73. The molecule has 2 heterocycles. The van der Waals surface area contributed by atoms with Gasteiger partial charge in [0, 0.05) is 36.4 Å². The summed E-state index contributed by atoms with van der Waals surface area (Å²) in [5.74, 6) is 1.76. The lowest BCUT2D eigenvalue weighted by atomic mass is 10.1. The average Bonchev–Trinajstić information content (AvgIpc) is 3.44. The molecule has 1 fully saturated rings. The number of aliphatic hydroxyl groups excluding tert-OH is 1. The zero-order valence-electron chi connectivity index (χ0n) is 16.6.